The van der Waals surface area contributed by atoms with Gasteiger partial charge in [-0.2, -0.15) is 0 Å². The predicted octanol–water partition coefficient (Wildman–Crippen LogP) is 0.804. The van der Waals surface area contributed by atoms with Gasteiger partial charge in [-0.25, -0.2) is 0 Å². The van der Waals surface area contributed by atoms with Crippen LogP contribution in [0.4, 0.5) is 0 Å². The Labute approximate surface area is 76.7 Å². The van der Waals surface area contributed by atoms with Crippen molar-refractivity contribution in [2.24, 2.45) is 0 Å². The SMILES string of the molecule is CC(=O)C1CC(Cl)CN1C(C)=O. The van der Waals surface area contributed by atoms with Gasteiger partial charge < -0.3 is 4.90 Å². The molecule has 0 aromatic rings. The molecule has 2 unspecified atom stereocenters. The lowest BCUT2D eigenvalue weighted by Gasteiger charge is -2.19. The highest BCUT2D eigenvalue weighted by atomic mass is 35.5. The van der Waals surface area contributed by atoms with Gasteiger partial charge in [0.25, 0.3) is 0 Å². The van der Waals surface area contributed by atoms with Gasteiger partial charge in [0.2, 0.25) is 5.91 Å². The summed E-state index contributed by atoms with van der Waals surface area (Å²) < 4.78 is 0. The molecule has 1 aliphatic rings. The Morgan fingerprint density at radius 2 is 2.00 bits per heavy atom. The first kappa shape index (κ1) is 9.52. The van der Waals surface area contributed by atoms with E-state index in [2.05, 4.69) is 0 Å². The summed E-state index contributed by atoms with van der Waals surface area (Å²) in [5.74, 6) is -0.0494. The van der Waals surface area contributed by atoms with Crippen LogP contribution in [0.5, 0.6) is 0 Å². The van der Waals surface area contributed by atoms with Crippen LogP contribution in [0.15, 0.2) is 0 Å². The van der Waals surface area contributed by atoms with Gasteiger partial charge in [-0.15, -0.1) is 11.6 Å². The van der Waals surface area contributed by atoms with Crippen molar-refractivity contribution in [3.8, 4) is 0 Å². The second-order valence-electron chi connectivity index (χ2n) is 3.13. The van der Waals surface area contributed by atoms with E-state index in [9.17, 15) is 9.59 Å². The number of halogens is 1. The van der Waals surface area contributed by atoms with Gasteiger partial charge in [-0.1, -0.05) is 0 Å². The molecular formula is C8H12ClNO2. The third-order valence-corrected chi connectivity index (χ3v) is 2.44. The van der Waals surface area contributed by atoms with Crippen molar-refractivity contribution in [2.75, 3.05) is 6.54 Å². The van der Waals surface area contributed by atoms with Gasteiger partial charge >= 0.3 is 0 Å². The third-order valence-electron chi connectivity index (χ3n) is 2.12. The highest BCUT2D eigenvalue weighted by Gasteiger charge is 2.35. The van der Waals surface area contributed by atoms with Crippen LogP contribution in [0, 0.1) is 0 Å². The lowest BCUT2D eigenvalue weighted by molar-refractivity contribution is -0.135. The standard InChI is InChI=1S/C8H12ClNO2/c1-5(11)8-3-7(9)4-10(8)6(2)12/h7-8H,3-4H2,1-2H3. The highest BCUT2D eigenvalue weighted by Crippen LogP contribution is 2.22. The van der Waals surface area contributed by atoms with Crippen molar-refractivity contribution >= 4 is 23.3 Å². The zero-order chi connectivity index (χ0) is 9.30. The molecule has 0 N–H and O–H groups in total. The first-order valence-corrected chi connectivity index (χ1v) is 4.37. The number of ketones is 1. The van der Waals surface area contributed by atoms with Crippen LogP contribution in [0.2, 0.25) is 0 Å². The van der Waals surface area contributed by atoms with Gasteiger partial charge in [-0.3, -0.25) is 9.59 Å². The summed E-state index contributed by atoms with van der Waals surface area (Å²) in [5, 5.41) is -0.0669. The number of carbonyl (C=O) groups is 2. The second-order valence-corrected chi connectivity index (χ2v) is 3.75. The number of hydrogen-bond acceptors (Lipinski definition) is 2. The van der Waals surface area contributed by atoms with Crippen molar-refractivity contribution in [1.82, 2.24) is 4.90 Å². The van der Waals surface area contributed by atoms with Crippen LogP contribution >= 0.6 is 11.6 Å². The average molecular weight is 190 g/mol. The maximum atomic E-state index is 11.1. The Kier molecular flexibility index (Phi) is 2.73. The number of nitrogens with zero attached hydrogens (tertiary/aromatic N) is 1. The zero-order valence-corrected chi connectivity index (χ0v) is 7.97. The molecule has 1 aliphatic heterocycles. The predicted molar refractivity (Wildman–Crippen MR) is 46.1 cm³/mol. The molecule has 0 spiro atoms. The smallest absolute Gasteiger partial charge is 0.220 e. The number of amides is 1. The molecule has 12 heavy (non-hydrogen) atoms. The van der Waals surface area contributed by atoms with Gasteiger partial charge in [0, 0.05) is 13.5 Å². The molecular weight excluding hydrogens is 178 g/mol. The average Bonchev–Trinajstić information content (AvgIpc) is 2.31. The van der Waals surface area contributed by atoms with Crippen molar-refractivity contribution in [1.29, 1.82) is 0 Å². The minimum absolute atomic E-state index is 0.0216. The van der Waals surface area contributed by atoms with E-state index in [0.717, 1.165) is 0 Å². The molecule has 68 valence electrons. The van der Waals surface area contributed by atoms with E-state index in [1.165, 1.54) is 13.8 Å². The van der Waals surface area contributed by atoms with Crippen molar-refractivity contribution in [2.45, 2.75) is 31.7 Å². The van der Waals surface area contributed by atoms with Crippen molar-refractivity contribution in [3.63, 3.8) is 0 Å². The summed E-state index contributed by atoms with van der Waals surface area (Å²) in [6.07, 6.45) is 0.594. The van der Waals surface area contributed by atoms with Gasteiger partial charge in [-0.05, 0) is 13.3 Å². The number of carbonyl (C=O) groups excluding carboxylic acids is 2. The maximum Gasteiger partial charge on any atom is 0.220 e. The molecule has 1 amide bonds. The van der Waals surface area contributed by atoms with Crippen molar-refractivity contribution in [3.05, 3.63) is 0 Å². The van der Waals surface area contributed by atoms with E-state index in [1.807, 2.05) is 0 Å². The van der Waals surface area contributed by atoms with Crippen LogP contribution in [-0.4, -0.2) is 34.6 Å². The minimum atomic E-state index is -0.287. The molecule has 0 aliphatic carbocycles. The summed E-state index contributed by atoms with van der Waals surface area (Å²) >= 11 is 5.84. The first-order chi connectivity index (χ1) is 5.52. The van der Waals surface area contributed by atoms with Crippen LogP contribution in [0.25, 0.3) is 0 Å². The summed E-state index contributed by atoms with van der Waals surface area (Å²) in [6.45, 7) is 3.46. The second kappa shape index (κ2) is 3.44. The van der Waals surface area contributed by atoms with E-state index < -0.39 is 0 Å². The van der Waals surface area contributed by atoms with Crippen LogP contribution < -0.4 is 0 Å². The number of rotatable bonds is 1. The van der Waals surface area contributed by atoms with Crippen LogP contribution in [0.1, 0.15) is 20.3 Å². The molecule has 1 rings (SSSR count). The zero-order valence-electron chi connectivity index (χ0n) is 7.21. The normalized spacial score (nSPS) is 29.1. The lowest BCUT2D eigenvalue weighted by Crippen LogP contribution is -2.38. The fourth-order valence-corrected chi connectivity index (χ4v) is 1.84. The Morgan fingerprint density at radius 3 is 2.33 bits per heavy atom. The molecule has 4 heteroatoms. The summed E-state index contributed by atoms with van der Waals surface area (Å²) in [6, 6.07) is -0.287. The van der Waals surface area contributed by atoms with E-state index in [1.54, 1.807) is 4.90 Å². The van der Waals surface area contributed by atoms with E-state index in [4.69, 9.17) is 11.6 Å². The summed E-state index contributed by atoms with van der Waals surface area (Å²) in [7, 11) is 0. The monoisotopic (exact) mass is 189 g/mol. The van der Waals surface area contributed by atoms with Gasteiger partial charge in [0.05, 0.1) is 11.4 Å². The fraction of sp³-hybridized carbons (Fsp3) is 0.750. The topological polar surface area (TPSA) is 37.4 Å². The molecule has 3 nitrogen and oxygen atoms in total. The van der Waals surface area contributed by atoms with E-state index >= 15 is 0 Å². The fourth-order valence-electron chi connectivity index (χ4n) is 1.52. The third kappa shape index (κ3) is 1.78. The van der Waals surface area contributed by atoms with Crippen LogP contribution in [-0.2, 0) is 9.59 Å². The van der Waals surface area contributed by atoms with Gasteiger partial charge in [0.1, 0.15) is 0 Å². The van der Waals surface area contributed by atoms with E-state index in [0.29, 0.717) is 13.0 Å². The minimum Gasteiger partial charge on any atom is -0.331 e. The Morgan fingerprint density at radius 1 is 1.42 bits per heavy atom. The number of likely N-dealkylation sites (tertiary alicyclic amines) is 1. The largest absolute Gasteiger partial charge is 0.331 e. The molecule has 0 aromatic heterocycles. The molecule has 0 radical (unpaired) electrons. The Hall–Kier alpha value is -0.570. The molecule has 0 aromatic carbocycles. The lowest BCUT2D eigenvalue weighted by atomic mass is 10.1. The molecule has 0 bridgehead atoms. The first-order valence-electron chi connectivity index (χ1n) is 3.94. The molecule has 1 heterocycles. The van der Waals surface area contributed by atoms with Crippen LogP contribution in [0.3, 0.4) is 0 Å². The molecule has 2 atom stereocenters. The molecule has 0 saturated carbocycles. The van der Waals surface area contributed by atoms with Crippen molar-refractivity contribution < 1.29 is 9.59 Å². The quantitative estimate of drug-likeness (QED) is 0.573. The molecule has 1 fully saturated rings. The van der Waals surface area contributed by atoms with Gasteiger partial charge in [0.15, 0.2) is 5.78 Å². The van der Waals surface area contributed by atoms with E-state index in [-0.39, 0.29) is 23.1 Å². The highest BCUT2D eigenvalue weighted by molar-refractivity contribution is 6.21. The Balaban J connectivity index is 2.72. The Bertz CT molecular complexity index is 195. The number of alkyl halides is 1. The molecule has 1 saturated heterocycles. The number of Topliss-reactive ketones (excluding diaryl/α,β-unsaturated/α-hetero) is 1. The summed E-state index contributed by atoms with van der Waals surface area (Å²) in [4.78, 5) is 23.6. The maximum absolute atomic E-state index is 11.1. The number of hydrogen-bond donors (Lipinski definition) is 0. The summed E-state index contributed by atoms with van der Waals surface area (Å²) in [5.41, 5.74) is 0.